The first-order chi connectivity index (χ1) is 13.9. The van der Waals surface area contributed by atoms with Gasteiger partial charge in [-0.25, -0.2) is 0 Å². The summed E-state index contributed by atoms with van der Waals surface area (Å²) in [5.41, 5.74) is 2.22. The predicted octanol–water partition coefficient (Wildman–Crippen LogP) is 4.54. The van der Waals surface area contributed by atoms with Crippen molar-refractivity contribution < 1.29 is 14.7 Å². The molecule has 0 bridgehead atoms. The van der Waals surface area contributed by atoms with Gasteiger partial charge in [0.25, 0.3) is 5.78 Å². The van der Waals surface area contributed by atoms with Crippen LogP contribution in [0.3, 0.4) is 0 Å². The van der Waals surface area contributed by atoms with Crippen molar-refractivity contribution in [2.75, 3.05) is 4.90 Å². The average Bonchev–Trinajstić information content (AvgIpc) is 3.24. The summed E-state index contributed by atoms with van der Waals surface area (Å²) >= 11 is 4.62. The maximum absolute atomic E-state index is 13.0. The first-order valence-electron chi connectivity index (χ1n) is 8.80. The van der Waals surface area contributed by atoms with E-state index >= 15 is 0 Å². The Kier molecular flexibility index (Phi) is 5.06. The van der Waals surface area contributed by atoms with Crippen molar-refractivity contribution >= 4 is 49.8 Å². The molecule has 1 aliphatic rings. The summed E-state index contributed by atoms with van der Waals surface area (Å²) in [5.74, 6) is -1.69. The molecule has 1 aromatic heterocycles. The molecule has 1 unspecified atom stereocenters. The minimum Gasteiger partial charge on any atom is -0.507 e. The van der Waals surface area contributed by atoms with Gasteiger partial charge in [0.05, 0.1) is 11.6 Å². The van der Waals surface area contributed by atoms with Crippen LogP contribution < -0.4 is 4.90 Å². The van der Waals surface area contributed by atoms with Crippen LogP contribution in [-0.4, -0.2) is 27.0 Å². The fourth-order valence-corrected chi connectivity index (χ4v) is 4.22. The van der Waals surface area contributed by atoms with Crippen LogP contribution in [0.2, 0.25) is 0 Å². The zero-order valence-corrected chi connectivity index (χ0v) is 18.0. The van der Waals surface area contributed by atoms with Gasteiger partial charge in [-0.3, -0.25) is 14.5 Å². The number of aliphatic hydroxyl groups excluding tert-OH is 1. The second kappa shape index (κ2) is 7.53. The summed E-state index contributed by atoms with van der Waals surface area (Å²) in [6, 6.07) is 13.6. The molecule has 6 nitrogen and oxygen atoms in total. The van der Waals surface area contributed by atoms with E-state index in [1.54, 1.807) is 19.1 Å². The Bertz CT molecular complexity index is 1140. The van der Waals surface area contributed by atoms with E-state index < -0.39 is 17.7 Å². The molecule has 4 rings (SSSR count). The largest absolute Gasteiger partial charge is 0.507 e. The van der Waals surface area contributed by atoms with Gasteiger partial charge in [-0.2, -0.15) is 0 Å². The normalized spacial score (nSPS) is 18.4. The molecule has 0 radical (unpaired) electrons. The maximum atomic E-state index is 13.0. The summed E-state index contributed by atoms with van der Waals surface area (Å²) in [4.78, 5) is 27.2. The number of anilines is 1. The smallest absolute Gasteiger partial charge is 0.301 e. The Hall–Kier alpha value is -2.84. The Morgan fingerprint density at radius 2 is 1.69 bits per heavy atom. The second-order valence-electron chi connectivity index (χ2n) is 6.69. The third kappa shape index (κ3) is 3.49. The number of benzene rings is 2. The molecule has 2 heterocycles. The molecule has 1 fully saturated rings. The van der Waals surface area contributed by atoms with Gasteiger partial charge in [-0.15, -0.1) is 10.2 Å². The van der Waals surface area contributed by atoms with Gasteiger partial charge in [0.1, 0.15) is 10.8 Å². The molecule has 1 amide bonds. The number of carbonyl (C=O) groups excluding carboxylic acids is 2. The highest BCUT2D eigenvalue weighted by Gasteiger charge is 2.48. The van der Waals surface area contributed by atoms with Crippen LogP contribution in [0.5, 0.6) is 0 Å². The van der Waals surface area contributed by atoms with Gasteiger partial charge in [0.2, 0.25) is 5.13 Å². The van der Waals surface area contributed by atoms with Crippen molar-refractivity contribution in [2.24, 2.45) is 0 Å². The number of ketones is 1. The standard InChI is InChI=1S/C21H16BrN3O3S/c1-11-3-5-14(6-4-11)18(26)16-17(13-7-9-15(22)10-8-13)25(20(28)19(16)27)21-24-23-12(2)29-21/h3-10,17,26H,1-2H3. The van der Waals surface area contributed by atoms with Gasteiger partial charge >= 0.3 is 5.91 Å². The summed E-state index contributed by atoms with van der Waals surface area (Å²) in [6.45, 7) is 3.71. The van der Waals surface area contributed by atoms with E-state index in [2.05, 4.69) is 26.1 Å². The molecule has 1 aliphatic heterocycles. The lowest BCUT2D eigenvalue weighted by molar-refractivity contribution is -0.132. The average molecular weight is 470 g/mol. The third-order valence-corrected chi connectivity index (χ3v) is 6.04. The lowest BCUT2D eigenvalue weighted by Gasteiger charge is -2.22. The monoisotopic (exact) mass is 469 g/mol. The third-order valence-electron chi connectivity index (χ3n) is 4.68. The highest BCUT2D eigenvalue weighted by atomic mass is 79.9. The zero-order chi connectivity index (χ0) is 20.7. The van der Waals surface area contributed by atoms with E-state index in [0.717, 1.165) is 10.0 Å². The molecule has 0 aliphatic carbocycles. The fraction of sp³-hybridized carbons (Fsp3) is 0.143. The molecular formula is C21H16BrN3O3S. The number of aromatic nitrogens is 2. The van der Waals surface area contributed by atoms with Crippen LogP contribution in [0.15, 0.2) is 58.6 Å². The lowest BCUT2D eigenvalue weighted by atomic mass is 9.95. The van der Waals surface area contributed by atoms with E-state index in [-0.39, 0.29) is 11.3 Å². The second-order valence-corrected chi connectivity index (χ2v) is 8.77. The number of hydrogen-bond acceptors (Lipinski definition) is 6. The number of aliphatic hydroxyl groups is 1. The van der Waals surface area contributed by atoms with E-state index in [4.69, 9.17) is 0 Å². The van der Waals surface area contributed by atoms with Crippen LogP contribution in [0.25, 0.3) is 5.76 Å². The SMILES string of the molecule is Cc1ccc(C(O)=C2C(=O)C(=O)N(c3nnc(C)s3)C2c2ccc(Br)cc2)cc1. The predicted molar refractivity (Wildman–Crippen MR) is 115 cm³/mol. The molecule has 0 saturated carbocycles. The quantitative estimate of drug-likeness (QED) is 0.345. The first kappa shape index (κ1) is 19.5. The van der Waals surface area contributed by atoms with Crippen molar-refractivity contribution in [1.82, 2.24) is 10.2 Å². The molecule has 1 saturated heterocycles. The van der Waals surface area contributed by atoms with Crippen LogP contribution in [0, 0.1) is 13.8 Å². The Labute approximate surface area is 179 Å². The Balaban J connectivity index is 1.93. The van der Waals surface area contributed by atoms with E-state index in [9.17, 15) is 14.7 Å². The van der Waals surface area contributed by atoms with Crippen LogP contribution in [-0.2, 0) is 9.59 Å². The number of Topliss-reactive ketones (excluding diaryl/α,β-unsaturated/α-hetero) is 1. The van der Waals surface area contributed by atoms with Gasteiger partial charge in [0, 0.05) is 10.0 Å². The van der Waals surface area contributed by atoms with Gasteiger partial charge in [0.15, 0.2) is 0 Å². The van der Waals surface area contributed by atoms with Crippen LogP contribution in [0.1, 0.15) is 27.7 Å². The minimum atomic E-state index is -0.795. The summed E-state index contributed by atoms with van der Waals surface area (Å²) in [6.07, 6.45) is 0. The van der Waals surface area contributed by atoms with E-state index in [1.807, 2.05) is 43.3 Å². The van der Waals surface area contributed by atoms with Crippen molar-refractivity contribution in [1.29, 1.82) is 0 Å². The molecule has 0 spiro atoms. The molecule has 1 N–H and O–H groups in total. The number of nitrogens with zero attached hydrogens (tertiary/aromatic N) is 3. The summed E-state index contributed by atoms with van der Waals surface area (Å²) in [7, 11) is 0. The van der Waals surface area contributed by atoms with Crippen LogP contribution in [0.4, 0.5) is 5.13 Å². The van der Waals surface area contributed by atoms with Crippen molar-refractivity contribution in [3.63, 3.8) is 0 Å². The van der Waals surface area contributed by atoms with Crippen molar-refractivity contribution in [3.05, 3.63) is 80.3 Å². The van der Waals surface area contributed by atoms with E-state index in [0.29, 0.717) is 21.3 Å². The Morgan fingerprint density at radius 3 is 2.28 bits per heavy atom. The molecule has 3 aromatic rings. The van der Waals surface area contributed by atoms with Crippen molar-refractivity contribution in [3.8, 4) is 0 Å². The zero-order valence-electron chi connectivity index (χ0n) is 15.6. The number of hydrogen-bond donors (Lipinski definition) is 1. The number of carbonyl (C=O) groups is 2. The molecule has 146 valence electrons. The number of rotatable bonds is 3. The van der Waals surface area contributed by atoms with Gasteiger partial charge < -0.3 is 5.11 Å². The highest BCUT2D eigenvalue weighted by Crippen LogP contribution is 2.43. The molecule has 29 heavy (non-hydrogen) atoms. The lowest BCUT2D eigenvalue weighted by Crippen LogP contribution is -2.29. The molecular weight excluding hydrogens is 454 g/mol. The Morgan fingerprint density at radius 1 is 1.03 bits per heavy atom. The number of amides is 1. The maximum Gasteiger partial charge on any atom is 0.301 e. The first-order valence-corrected chi connectivity index (χ1v) is 10.4. The molecule has 2 aromatic carbocycles. The summed E-state index contributed by atoms with van der Waals surface area (Å²) in [5, 5.41) is 20.0. The van der Waals surface area contributed by atoms with Gasteiger partial charge in [-0.1, -0.05) is 69.2 Å². The molecule has 1 atom stereocenters. The van der Waals surface area contributed by atoms with Crippen molar-refractivity contribution in [2.45, 2.75) is 19.9 Å². The highest BCUT2D eigenvalue weighted by molar-refractivity contribution is 9.10. The minimum absolute atomic E-state index is 0.0361. The van der Waals surface area contributed by atoms with Crippen LogP contribution >= 0.6 is 27.3 Å². The number of halogens is 1. The fourth-order valence-electron chi connectivity index (χ4n) is 3.24. The topological polar surface area (TPSA) is 83.4 Å². The molecule has 8 heteroatoms. The number of aryl methyl sites for hydroxylation is 2. The van der Waals surface area contributed by atoms with E-state index in [1.165, 1.54) is 16.2 Å². The van der Waals surface area contributed by atoms with Gasteiger partial charge in [-0.05, 0) is 31.5 Å². The summed E-state index contributed by atoms with van der Waals surface area (Å²) < 4.78 is 0.864.